The van der Waals surface area contributed by atoms with Crippen LogP contribution in [-0.4, -0.2) is 21.4 Å². The van der Waals surface area contributed by atoms with E-state index in [0.29, 0.717) is 10.6 Å². The van der Waals surface area contributed by atoms with Gasteiger partial charge in [0.15, 0.2) is 0 Å². The Morgan fingerprint density at radius 3 is 2.16 bits per heavy atom. The summed E-state index contributed by atoms with van der Waals surface area (Å²) in [7, 11) is 0. The molecular formula is C27H21N3OS. The molecule has 1 amide bonds. The summed E-state index contributed by atoms with van der Waals surface area (Å²) in [6, 6.07) is 29.8. The summed E-state index contributed by atoms with van der Waals surface area (Å²) in [5.74, 6) is -0.246. The minimum Gasteiger partial charge on any atom is -0.266 e. The molecule has 0 bridgehead atoms. The highest BCUT2D eigenvalue weighted by Gasteiger charge is 2.18. The number of para-hydroxylation sites is 1. The second kappa shape index (κ2) is 8.36. The van der Waals surface area contributed by atoms with Crippen molar-refractivity contribution in [3.05, 3.63) is 118 Å². The molecule has 3 aromatic carbocycles. The minimum atomic E-state index is -0.246. The van der Waals surface area contributed by atoms with Crippen molar-refractivity contribution in [2.24, 2.45) is 4.99 Å². The van der Waals surface area contributed by atoms with Crippen LogP contribution in [-0.2, 0) is 0 Å². The van der Waals surface area contributed by atoms with Crippen LogP contribution in [0, 0.1) is 13.8 Å². The number of carbonyl (C=O) groups excluding carboxylic acids is 1. The van der Waals surface area contributed by atoms with Crippen molar-refractivity contribution >= 4 is 33.2 Å². The predicted octanol–water partition coefficient (Wildman–Crippen LogP) is 6.38. The molecule has 2 heterocycles. The molecule has 0 radical (unpaired) electrons. The van der Waals surface area contributed by atoms with Crippen molar-refractivity contribution in [1.29, 1.82) is 0 Å². The lowest BCUT2D eigenvalue weighted by Gasteiger charge is -2.07. The van der Waals surface area contributed by atoms with E-state index < -0.39 is 0 Å². The lowest BCUT2D eigenvalue weighted by atomic mass is 10.0. The van der Waals surface area contributed by atoms with Gasteiger partial charge in [-0.1, -0.05) is 78.4 Å². The van der Waals surface area contributed by atoms with E-state index in [1.807, 2.05) is 110 Å². The highest BCUT2D eigenvalue weighted by atomic mass is 32.1. The molecule has 0 aliphatic rings. The Labute approximate surface area is 190 Å². The van der Waals surface area contributed by atoms with Gasteiger partial charge in [-0.3, -0.25) is 4.79 Å². The Morgan fingerprint density at radius 1 is 0.844 bits per heavy atom. The summed E-state index contributed by atoms with van der Waals surface area (Å²) in [6.07, 6.45) is 0. The van der Waals surface area contributed by atoms with Crippen LogP contribution in [0.3, 0.4) is 0 Å². The van der Waals surface area contributed by atoms with Gasteiger partial charge in [0, 0.05) is 16.5 Å². The van der Waals surface area contributed by atoms with Gasteiger partial charge >= 0.3 is 0 Å². The van der Waals surface area contributed by atoms with Crippen molar-refractivity contribution in [2.45, 2.75) is 13.8 Å². The molecule has 5 heteroatoms. The molecule has 0 aliphatic carbocycles. The maximum absolute atomic E-state index is 13.3. The molecule has 5 rings (SSSR count). The molecule has 32 heavy (non-hydrogen) atoms. The molecule has 2 aromatic heterocycles. The number of carbonyl (C=O) groups is 1. The third-order valence-corrected chi connectivity index (χ3v) is 6.44. The number of hydrogen-bond donors (Lipinski definition) is 0. The quantitative estimate of drug-likeness (QED) is 0.307. The van der Waals surface area contributed by atoms with E-state index in [4.69, 9.17) is 0 Å². The lowest BCUT2D eigenvalue weighted by Crippen LogP contribution is -2.07. The number of aryl methyl sites for hydroxylation is 2. The average Bonchev–Trinajstić information content (AvgIpc) is 3.40. The molecule has 156 valence electrons. The monoisotopic (exact) mass is 435 g/mol. The lowest BCUT2D eigenvalue weighted by molar-refractivity contribution is 0.101. The minimum absolute atomic E-state index is 0.246. The van der Waals surface area contributed by atoms with Crippen LogP contribution in [0.4, 0.5) is 0 Å². The largest absolute Gasteiger partial charge is 0.287 e. The van der Waals surface area contributed by atoms with Crippen LogP contribution in [0.15, 0.2) is 96.0 Å². The summed E-state index contributed by atoms with van der Waals surface area (Å²) >= 11 is 1.43. The summed E-state index contributed by atoms with van der Waals surface area (Å²) in [4.78, 5) is 19.4. The number of benzene rings is 3. The Hall–Kier alpha value is -3.83. The molecule has 5 aromatic rings. The summed E-state index contributed by atoms with van der Waals surface area (Å²) in [6.45, 7) is 4.01. The topological polar surface area (TPSA) is 47.2 Å². The first-order chi connectivity index (χ1) is 15.6. The second-order valence-electron chi connectivity index (χ2n) is 7.66. The Morgan fingerprint density at radius 2 is 1.47 bits per heavy atom. The molecule has 0 atom stereocenters. The van der Waals surface area contributed by atoms with Crippen LogP contribution in [0.1, 0.15) is 32.1 Å². The number of thiophene rings is 1. The highest BCUT2D eigenvalue weighted by molar-refractivity contribution is 7.20. The van der Waals surface area contributed by atoms with Gasteiger partial charge in [-0.15, -0.1) is 11.3 Å². The fourth-order valence-corrected chi connectivity index (χ4v) is 4.72. The maximum atomic E-state index is 13.3. The Bertz CT molecular complexity index is 1430. The number of rotatable bonds is 4. The number of fused-ring (bicyclic) bond motifs is 1. The maximum Gasteiger partial charge on any atom is 0.287 e. The van der Waals surface area contributed by atoms with E-state index in [-0.39, 0.29) is 5.91 Å². The first kappa shape index (κ1) is 20.1. The second-order valence-corrected chi connectivity index (χ2v) is 8.69. The molecule has 0 saturated carbocycles. The first-order valence-corrected chi connectivity index (χ1v) is 11.2. The van der Waals surface area contributed by atoms with Gasteiger partial charge in [0.1, 0.15) is 4.83 Å². The predicted molar refractivity (Wildman–Crippen MR) is 131 cm³/mol. The number of aliphatic imine (C=N–C) groups is 1. The van der Waals surface area contributed by atoms with Crippen molar-refractivity contribution < 1.29 is 4.79 Å². The normalized spacial score (nSPS) is 11.8. The fourth-order valence-electron chi connectivity index (χ4n) is 3.66. The fraction of sp³-hybridized carbons (Fsp3) is 0.0741. The number of nitrogens with zero attached hydrogens (tertiary/aromatic N) is 3. The van der Waals surface area contributed by atoms with Crippen molar-refractivity contribution in [2.75, 3.05) is 0 Å². The Kier molecular flexibility index (Phi) is 5.25. The molecule has 0 fully saturated rings. The first-order valence-electron chi connectivity index (χ1n) is 10.4. The van der Waals surface area contributed by atoms with E-state index >= 15 is 0 Å². The van der Waals surface area contributed by atoms with Crippen molar-refractivity contribution in [3.8, 4) is 5.69 Å². The van der Waals surface area contributed by atoms with Crippen LogP contribution >= 0.6 is 11.3 Å². The van der Waals surface area contributed by atoms with Crippen LogP contribution in [0.2, 0.25) is 0 Å². The van der Waals surface area contributed by atoms with E-state index in [1.165, 1.54) is 11.3 Å². The molecule has 0 spiro atoms. The van der Waals surface area contributed by atoms with Crippen LogP contribution < -0.4 is 0 Å². The van der Waals surface area contributed by atoms with Gasteiger partial charge < -0.3 is 0 Å². The Balaban J connectivity index is 1.59. The molecular weight excluding hydrogens is 414 g/mol. The third-order valence-electron chi connectivity index (χ3n) is 5.34. The van der Waals surface area contributed by atoms with Gasteiger partial charge in [0.2, 0.25) is 0 Å². The van der Waals surface area contributed by atoms with E-state index in [1.54, 1.807) is 0 Å². The summed E-state index contributed by atoms with van der Waals surface area (Å²) < 4.78 is 1.90. The van der Waals surface area contributed by atoms with E-state index in [2.05, 4.69) is 10.1 Å². The van der Waals surface area contributed by atoms with Gasteiger partial charge in [0.25, 0.3) is 5.91 Å². The van der Waals surface area contributed by atoms with Crippen molar-refractivity contribution in [1.82, 2.24) is 9.78 Å². The smallest absolute Gasteiger partial charge is 0.266 e. The van der Waals surface area contributed by atoms with Crippen LogP contribution in [0.25, 0.3) is 15.9 Å². The average molecular weight is 436 g/mol. The van der Waals surface area contributed by atoms with E-state index in [9.17, 15) is 4.79 Å². The van der Waals surface area contributed by atoms with Gasteiger partial charge in [-0.2, -0.15) is 5.10 Å². The molecule has 4 nitrogen and oxygen atoms in total. The number of amides is 1. The molecule has 0 aliphatic heterocycles. The molecule has 0 N–H and O–H groups in total. The van der Waals surface area contributed by atoms with E-state index in [0.717, 1.165) is 38.3 Å². The summed E-state index contributed by atoms with van der Waals surface area (Å²) in [5, 5.41) is 5.65. The molecule has 0 saturated heterocycles. The standard InChI is InChI=1S/C27H21N3OS/c1-18-13-15-21(16-14-18)25(20-9-5-3-6-10-20)28-26(31)24-17-23-19(2)29-30(27(23)32-24)22-11-7-4-8-12-22/h3-17H,1-2H3. The van der Waals surface area contributed by atoms with Crippen LogP contribution in [0.5, 0.6) is 0 Å². The number of hydrogen-bond acceptors (Lipinski definition) is 3. The number of aromatic nitrogens is 2. The highest BCUT2D eigenvalue weighted by Crippen LogP contribution is 2.31. The SMILES string of the molecule is Cc1ccc(C(=NC(=O)c2cc3c(C)nn(-c4ccccc4)c3s2)c2ccccc2)cc1. The van der Waals surface area contributed by atoms with Crippen molar-refractivity contribution in [3.63, 3.8) is 0 Å². The summed E-state index contributed by atoms with van der Waals surface area (Å²) in [5.41, 5.74) is 5.54. The zero-order chi connectivity index (χ0) is 22.1. The van der Waals surface area contributed by atoms with Gasteiger partial charge in [-0.25, -0.2) is 9.67 Å². The van der Waals surface area contributed by atoms with Gasteiger partial charge in [0.05, 0.1) is 22.0 Å². The van der Waals surface area contributed by atoms with Gasteiger partial charge in [-0.05, 0) is 32.0 Å². The zero-order valence-corrected chi connectivity index (χ0v) is 18.6. The zero-order valence-electron chi connectivity index (χ0n) is 17.8. The molecule has 0 unspecified atom stereocenters. The third kappa shape index (κ3) is 3.79.